The molecule has 0 unspecified atom stereocenters. The zero-order valence-electron chi connectivity index (χ0n) is 10.9. The molecule has 0 atom stereocenters. The molecule has 3 nitrogen and oxygen atoms in total. The van der Waals surface area contributed by atoms with E-state index < -0.39 is 0 Å². The van der Waals surface area contributed by atoms with Crippen molar-refractivity contribution < 1.29 is 9.47 Å². The van der Waals surface area contributed by atoms with Crippen LogP contribution < -0.4 is 0 Å². The highest BCUT2D eigenvalue weighted by molar-refractivity contribution is 7.99. The fraction of sp³-hybridized carbons (Fsp3) is 0.786. The molecule has 2 aliphatic rings. The van der Waals surface area contributed by atoms with E-state index in [-0.39, 0.29) is 12.2 Å². The minimum atomic E-state index is -0.165. The highest BCUT2D eigenvalue weighted by Crippen LogP contribution is 2.29. The lowest BCUT2D eigenvalue weighted by molar-refractivity contribution is -0.146. The van der Waals surface area contributed by atoms with Crippen molar-refractivity contribution in [2.24, 2.45) is 11.8 Å². The number of hydrogen-bond donors (Lipinski definition) is 0. The van der Waals surface area contributed by atoms with Gasteiger partial charge in [-0.05, 0) is 43.9 Å². The Kier molecular flexibility index (Phi) is 5.55. The summed E-state index contributed by atoms with van der Waals surface area (Å²) in [5, 5.41) is 9.32. The van der Waals surface area contributed by atoms with Gasteiger partial charge >= 0.3 is 0 Å². The van der Waals surface area contributed by atoms with Crippen molar-refractivity contribution in [3.63, 3.8) is 0 Å². The van der Waals surface area contributed by atoms with Crippen LogP contribution in [0.5, 0.6) is 0 Å². The zero-order valence-corrected chi connectivity index (χ0v) is 11.7. The highest BCUT2D eigenvalue weighted by atomic mass is 32.2. The second-order valence-electron chi connectivity index (χ2n) is 5.02. The molecule has 0 aromatic heterocycles. The first-order valence-electron chi connectivity index (χ1n) is 6.65. The van der Waals surface area contributed by atoms with Gasteiger partial charge in [-0.1, -0.05) is 6.08 Å². The molecular weight excluding hydrogens is 246 g/mol. The van der Waals surface area contributed by atoms with Crippen molar-refractivity contribution in [2.75, 3.05) is 19.5 Å². The van der Waals surface area contributed by atoms with Crippen LogP contribution in [0.2, 0.25) is 0 Å². The molecule has 1 aliphatic carbocycles. The molecule has 1 heterocycles. The van der Waals surface area contributed by atoms with Gasteiger partial charge in [-0.3, -0.25) is 0 Å². The third-order valence-corrected chi connectivity index (χ3v) is 4.66. The molecule has 0 radical (unpaired) electrons. The van der Waals surface area contributed by atoms with Crippen LogP contribution in [0, 0.1) is 23.2 Å². The van der Waals surface area contributed by atoms with E-state index in [0.717, 1.165) is 38.9 Å². The molecular formula is C14H21NO2S. The smallest absolute Gasteiger partial charge is 0.176 e. The van der Waals surface area contributed by atoms with Crippen LogP contribution in [-0.4, -0.2) is 31.0 Å². The van der Waals surface area contributed by atoms with E-state index in [9.17, 15) is 0 Å². The minimum absolute atomic E-state index is 0.165. The third kappa shape index (κ3) is 4.01. The summed E-state index contributed by atoms with van der Waals surface area (Å²) < 4.78 is 11.3. The molecule has 0 bridgehead atoms. The SMILES string of the molecule is CSC1COC(/C=C/C2CCC(C#N)CC2)OC1. The van der Waals surface area contributed by atoms with Crippen LogP contribution in [0.25, 0.3) is 0 Å². The summed E-state index contributed by atoms with van der Waals surface area (Å²) in [7, 11) is 0. The summed E-state index contributed by atoms with van der Waals surface area (Å²) >= 11 is 1.79. The maximum absolute atomic E-state index is 8.85. The number of hydrogen-bond acceptors (Lipinski definition) is 4. The summed E-state index contributed by atoms with van der Waals surface area (Å²) in [5.41, 5.74) is 0. The molecule has 1 saturated carbocycles. The second-order valence-corrected chi connectivity index (χ2v) is 6.16. The lowest BCUT2D eigenvalue weighted by Gasteiger charge is -2.27. The first-order chi connectivity index (χ1) is 8.81. The van der Waals surface area contributed by atoms with E-state index >= 15 is 0 Å². The number of nitrogens with zero attached hydrogens (tertiary/aromatic N) is 1. The third-order valence-electron chi connectivity index (χ3n) is 3.72. The molecule has 4 heteroatoms. The standard InChI is InChI=1S/C14H21NO2S/c1-18-13-9-16-14(17-10-13)7-6-11-2-4-12(8-15)5-3-11/h6-7,11-14H,2-5,9-10H2,1H3/b7-6+. The number of rotatable bonds is 3. The van der Waals surface area contributed by atoms with Crippen molar-refractivity contribution in [1.82, 2.24) is 0 Å². The van der Waals surface area contributed by atoms with Crippen LogP contribution in [0.15, 0.2) is 12.2 Å². The molecule has 18 heavy (non-hydrogen) atoms. The molecule has 0 spiro atoms. The van der Waals surface area contributed by atoms with E-state index in [1.54, 1.807) is 11.8 Å². The van der Waals surface area contributed by atoms with Crippen molar-refractivity contribution >= 4 is 11.8 Å². The largest absolute Gasteiger partial charge is 0.348 e. The highest BCUT2D eigenvalue weighted by Gasteiger charge is 2.21. The van der Waals surface area contributed by atoms with Gasteiger partial charge in [0.25, 0.3) is 0 Å². The summed E-state index contributed by atoms with van der Waals surface area (Å²) in [5.74, 6) is 0.874. The second kappa shape index (κ2) is 7.18. The molecule has 100 valence electrons. The van der Waals surface area contributed by atoms with E-state index in [4.69, 9.17) is 14.7 Å². The van der Waals surface area contributed by atoms with Crippen molar-refractivity contribution in [3.8, 4) is 6.07 Å². The molecule has 0 aromatic rings. The normalized spacial score (nSPS) is 37.6. The number of nitriles is 1. The van der Waals surface area contributed by atoms with E-state index in [2.05, 4.69) is 18.4 Å². The van der Waals surface area contributed by atoms with Crippen LogP contribution in [-0.2, 0) is 9.47 Å². The number of ether oxygens (including phenoxy) is 2. The molecule has 0 aromatic carbocycles. The van der Waals surface area contributed by atoms with Gasteiger partial charge in [0.15, 0.2) is 6.29 Å². The quantitative estimate of drug-likeness (QED) is 0.737. The lowest BCUT2D eigenvalue weighted by Crippen LogP contribution is -2.32. The van der Waals surface area contributed by atoms with Crippen LogP contribution in [0.1, 0.15) is 25.7 Å². The van der Waals surface area contributed by atoms with Crippen LogP contribution in [0.3, 0.4) is 0 Å². The van der Waals surface area contributed by atoms with Crippen molar-refractivity contribution in [2.45, 2.75) is 37.2 Å². The Hall–Kier alpha value is -0.500. The average molecular weight is 267 g/mol. The van der Waals surface area contributed by atoms with Crippen LogP contribution >= 0.6 is 11.8 Å². The van der Waals surface area contributed by atoms with Gasteiger partial charge in [0.1, 0.15) is 0 Å². The Morgan fingerprint density at radius 3 is 2.33 bits per heavy atom. The van der Waals surface area contributed by atoms with Gasteiger partial charge in [-0.25, -0.2) is 0 Å². The molecule has 0 N–H and O–H groups in total. The predicted molar refractivity (Wildman–Crippen MR) is 73.2 cm³/mol. The van der Waals surface area contributed by atoms with E-state index in [1.807, 2.05) is 6.08 Å². The van der Waals surface area contributed by atoms with Crippen molar-refractivity contribution in [1.29, 1.82) is 5.26 Å². The van der Waals surface area contributed by atoms with Gasteiger partial charge in [-0.2, -0.15) is 17.0 Å². The molecule has 1 saturated heterocycles. The summed E-state index contributed by atoms with van der Waals surface area (Å²) in [6.07, 6.45) is 10.5. The van der Waals surface area contributed by atoms with Gasteiger partial charge in [-0.15, -0.1) is 0 Å². The summed E-state index contributed by atoms with van der Waals surface area (Å²) in [6, 6.07) is 2.37. The first kappa shape index (κ1) is 13.9. The number of allylic oxidation sites excluding steroid dienone is 1. The Labute approximate surface area is 114 Å². The maximum atomic E-state index is 8.85. The average Bonchev–Trinajstić information content (AvgIpc) is 2.46. The fourth-order valence-electron chi connectivity index (χ4n) is 2.44. The Morgan fingerprint density at radius 2 is 1.78 bits per heavy atom. The van der Waals surface area contributed by atoms with Crippen molar-refractivity contribution in [3.05, 3.63) is 12.2 Å². The summed E-state index contributed by atoms with van der Waals surface area (Å²) in [4.78, 5) is 0. The molecule has 1 aliphatic heterocycles. The van der Waals surface area contributed by atoms with Gasteiger partial charge in [0.2, 0.25) is 0 Å². The molecule has 0 amide bonds. The van der Waals surface area contributed by atoms with E-state index in [0.29, 0.717) is 11.2 Å². The monoisotopic (exact) mass is 267 g/mol. The van der Waals surface area contributed by atoms with Crippen LogP contribution in [0.4, 0.5) is 0 Å². The van der Waals surface area contributed by atoms with Gasteiger partial charge in [0.05, 0.1) is 24.5 Å². The molecule has 2 fully saturated rings. The van der Waals surface area contributed by atoms with E-state index in [1.165, 1.54) is 0 Å². The maximum Gasteiger partial charge on any atom is 0.176 e. The topological polar surface area (TPSA) is 42.2 Å². The first-order valence-corrected chi connectivity index (χ1v) is 7.94. The Morgan fingerprint density at radius 1 is 1.11 bits per heavy atom. The summed E-state index contributed by atoms with van der Waals surface area (Å²) in [6.45, 7) is 1.55. The minimum Gasteiger partial charge on any atom is -0.348 e. The van der Waals surface area contributed by atoms with Gasteiger partial charge in [0, 0.05) is 5.92 Å². The Bertz CT molecular complexity index is 310. The predicted octanol–water partition coefficient (Wildman–Crippen LogP) is 2.98. The number of thioether (sulfide) groups is 1. The zero-order chi connectivity index (χ0) is 12.8. The van der Waals surface area contributed by atoms with Gasteiger partial charge < -0.3 is 9.47 Å². The Balaban J connectivity index is 1.70. The molecule has 2 rings (SSSR count). The lowest BCUT2D eigenvalue weighted by atomic mass is 9.82. The fourth-order valence-corrected chi connectivity index (χ4v) is 2.87.